The number of phenols is 1. The van der Waals surface area contributed by atoms with Gasteiger partial charge in [-0.05, 0) is 103 Å². The van der Waals surface area contributed by atoms with E-state index in [1.54, 1.807) is 24.4 Å². The predicted octanol–water partition coefficient (Wildman–Crippen LogP) is 16.2. The smallest absolute Gasteiger partial charge is 0.148 e. The fourth-order valence-corrected chi connectivity index (χ4v) is 8.16. The molecular weight excluding hydrogens is 962 g/mol. The van der Waals surface area contributed by atoms with Crippen LogP contribution in [0, 0.1) is 6.07 Å². The molecule has 6 aromatic carbocycles. The Bertz CT molecular complexity index is 3310. The molecule has 0 saturated carbocycles. The number of phenolic OH excluding ortho intramolecular Hbond substituents is 1. The van der Waals surface area contributed by atoms with Gasteiger partial charge in [-0.1, -0.05) is 179 Å². The maximum Gasteiger partial charge on any atom is 0.148 e. The summed E-state index contributed by atoms with van der Waals surface area (Å²) in [7, 11) is 0. The number of hydrogen-bond donors (Lipinski definition) is 1. The molecule has 1 N–H and O–H groups in total. The maximum absolute atomic E-state index is 12.3. The normalized spacial score (nSPS) is 15.2. The van der Waals surface area contributed by atoms with E-state index in [1.165, 1.54) is 12.1 Å². The van der Waals surface area contributed by atoms with Crippen LogP contribution in [0.2, 0.25) is 0 Å². The third kappa shape index (κ3) is 9.31. The molecule has 0 fully saturated rings. The monoisotopic (exact) mass is 1030 g/mol. The van der Waals surface area contributed by atoms with Crippen molar-refractivity contribution < 1.29 is 39.9 Å². The first-order chi connectivity index (χ1) is 33.9. The largest absolute Gasteiger partial charge is 0.507 e. The van der Waals surface area contributed by atoms with Gasteiger partial charge in [-0.2, -0.15) is 0 Å². The van der Waals surface area contributed by atoms with E-state index in [0.717, 1.165) is 55.7 Å². The molecule has 0 unspecified atom stereocenters. The van der Waals surface area contributed by atoms with Crippen LogP contribution in [0.15, 0.2) is 134 Å². The Morgan fingerprint density at radius 1 is 0.625 bits per heavy atom. The number of aromatic hydroxyl groups is 1. The van der Waals surface area contributed by atoms with Crippen molar-refractivity contribution in [2.75, 3.05) is 0 Å². The van der Waals surface area contributed by atoms with E-state index in [4.69, 9.17) is 22.3 Å². The fraction of sp³-hybridized carbons (Fsp3) is 0.288. The van der Waals surface area contributed by atoms with Gasteiger partial charge in [0, 0.05) is 52.4 Å². The third-order valence-electron chi connectivity index (χ3n) is 11.9. The summed E-state index contributed by atoms with van der Waals surface area (Å²) in [6, 6.07) is 43.7. The second-order valence-corrected chi connectivity index (χ2v) is 18.6. The van der Waals surface area contributed by atoms with E-state index < -0.39 is 31.9 Å². The average molecular weight is 1030 g/mol. The van der Waals surface area contributed by atoms with Gasteiger partial charge >= 0.3 is 0 Å². The zero-order valence-electron chi connectivity index (χ0n) is 48.0. The molecule has 0 radical (unpaired) electrons. The molecule has 8 aromatic rings. The van der Waals surface area contributed by atoms with Crippen molar-refractivity contribution in [2.45, 2.75) is 111 Å². The van der Waals surface area contributed by atoms with Crippen LogP contribution >= 0.6 is 0 Å². The van der Waals surface area contributed by atoms with Crippen LogP contribution in [-0.2, 0) is 31.9 Å². The van der Waals surface area contributed by atoms with Crippen LogP contribution in [0.4, 0.5) is 0 Å². The Labute approximate surface area is 410 Å². The molecule has 330 valence electrons. The summed E-state index contributed by atoms with van der Waals surface area (Å²) in [5.74, 6) is -0.0699. The second kappa shape index (κ2) is 18.1. The molecule has 0 atom stereocenters. The summed E-state index contributed by atoms with van der Waals surface area (Å²) in [6.07, 6.45) is 1.65. The van der Waals surface area contributed by atoms with E-state index >= 15 is 0 Å². The molecule has 0 aliphatic carbocycles. The number of aromatic nitrogens is 3. The van der Waals surface area contributed by atoms with E-state index in [9.17, 15) is 6.48 Å². The maximum atomic E-state index is 12.3. The van der Waals surface area contributed by atoms with Crippen LogP contribution in [0.5, 0.6) is 5.75 Å². The Balaban J connectivity index is 0.00000800. The topological polar surface area (TPSA) is 50.9 Å². The Kier molecular flexibility index (Phi) is 9.85. The molecule has 2 aromatic heterocycles. The minimum atomic E-state index is -3.38. The summed E-state index contributed by atoms with van der Waals surface area (Å²) in [6.45, 7) is 8.46. The number of para-hydroxylation sites is 1. The number of imidazole rings is 1. The standard InChI is InChI=1S/C59H62N3O.Pt/c1-36(2)42-27-44(39-17-14-13-15-18-39)32-49(31-42)62-54-20-16-19-50(55(54)61-57(62)52-34-43(37(3)4)33-51(38(5)6)56(52)63)45-28-46(30-48(29-45)59(10,11)12)53-35-41(25-26-60-53)40-21-23-47(24-22-40)58(7,8)9;/h13-27,29-38,63H,1-12H3;/q-1;/i7D3,8D3,9D3,36D;. The molecule has 0 bridgehead atoms. The van der Waals surface area contributed by atoms with Gasteiger partial charge in [0.05, 0.1) is 16.6 Å². The van der Waals surface area contributed by atoms with Gasteiger partial charge in [0.1, 0.15) is 11.6 Å². The van der Waals surface area contributed by atoms with Crippen LogP contribution < -0.4 is 0 Å². The summed E-state index contributed by atoms with van der Waals surface area (Å²) >= 11 is 0. The number of hydrogen-bond acceptors (Lipinski definition) is 3. The van der Waals surface area contributed by atoms with Gasteiger partial charge in [-0.15, -0.1) is 29.3 Å². The van der Waals surface area contributed by atoms with Crippen LogP contribution in [0.25, 0.3) is 72.7 Å². The van der Waals surface area contributed by atoms with Crippen molar-refractivity contribution in [1.82, 2.24) is 14.5 Å². The van der Waals surface area contributed by atoms with Crippen molar-refractivity contribution in [3.8, 4) is 67.5 Å². The first-order valence-electron chi connectivity index (χ1n) is 26.7. The SMILES string of the molecule is [2H]C(C)(C)c1cc(-c2ccccc2)cc(-n2c(-c3cc(C(C)C)cc(C(C)C)c3O)nc3c(-c4[c-]c(-c5cc(-c6ccc(C(C([2H])([2H])[2H])(C([2H])([2H])[2H])C([2H])([2H])[2H])cc6)ccn5)cc(C(C)(C)C)c4)cccc32)c1.[Pt]. The second-order valence-electron chi connectivity index (χ2n) is 18.6. The summed E-state index contributed by atoms with van der Waals surface area (Å²) < 4.78 is 85.2. The molecule has 0 aliphatic rings. The van der Waals surface area contributed by atoms with Crippen molar-refractivity contribution in [1.29, 1.82) is 0 Å². The number of fused-ring (bicyclic) bond motifs is 1. The zero-order chi connectivity index (χ0) is 53.4. The zero-order valence-corrected chi connectivity index (χ0v) is 40.2. The minimum Gasteiger partial charge on any atom is -0.507 e. The Hall–Kier alpha value is -5.57. The van der Waals surface area contributed by atoms with Gasteiger partial charge < -0.3 is 5.11 Å². The van der Waals surface area contributed by atoms with Gasteiger partial charge in [0.2, 0.25) is 0 Å². The van der Waals surface area contributed by atoms with Gasteiger partial charge in [-0.25, -0.2) is 4.98 Å². The molecule has 0 aliphatic heterocycles. The van der Waals surface area contributed by atoms with E-state index in [-0.39, 0.29) is 49.6 Å². The molecular formula is C59H62N3OPt-. The van der Waals surface area contributed by atoms with E-state index in [2.05, 4.69) is 102 Å². The van der Waals surface area contributed by atoms with Crippen LogP contribution in [-0.4, -0.2) is 19.6 Å². The third-order valence-corrected chi connectivity index (χ3v) is 11.9. The molecule has 64 heavy (non-hydrogen) atoms. The first-order valence-corrected chi connectivity index (χ1v) is 21.7. The number of nitrogens with zero attached hydrogens (tertiary/aromatic N) is 3. The summed E-state index contributed by atoms with van der Waals surface area (Å²) in [5.41, 5.74) is 8.79. The summed E-state index contributed by atoms with van der Waals surface area (Å²) in [4.78, 5) is 10.3. The molecule has 4 nitrogen and oxygen atoms in total. The fourth-order valence-electron chi connectivity index (χ4n) is 8.16. The first kappa shape index (κ1) is 34.8. The molecule has 0 saturated heterocycles. The number of benzene rings is 6. The van der Waals surface area contributed by atoms with Gasteiger partial charge in [-0.3, -0.25) is 9.55 Å². The van der Waals surface area contributed by atoms with Crippen molar-refractivity contribution in [3.63, 3.8) is 0 Å². The van der Waals surface area contributed by atoms with Crippen molar-refractivity contribution in [2.24, 2.45) is 0 Å². The summed E-state index contributed by atoms with van der Waals surface area (Å²) in [5, 5.41) is 12.3. The predicted molar refractivity (Wildman–Crippen MR) is 266 cm³/mol. The number of pyridine rings is 1. The average Bonchev–Trinajstić information content (AvgIpc) is 3.69. The molecule has 5 heteroatoms. The van der Waals surface area contributed by atoms with E-state index in [1.807, 2.05) is 68.4 Å². The Morgan fingerprint density at radius 3 is 1.98 bits per heavy atom. The van der Waals surface area contributed by atoms with Gasteiger partial charge in [0.25, 0.3) is 0 Å². The van der Waals surface area contributed by atoms with Gasteiger partial charge in [0.15, 0.2) is 0 Å². The molecule has 2 heterocycles. The van der Waals surface area contributed by atoms with E-state index in [0.29, 0.717) is 39.3 Å². The molecule has 0 amide bonds. The van der Waals surface area contributed by atoms with Crippen molar-refractivity contribution >= 4 is 11.0 Å². The quantitative estimate of drug-likeness (QED) is 0.147. The van der Waals surface area contributed by atoms with Crippen LogP contribution in [0.1, 0.15) is 142 Å². The van der Waals surface area contributed by atoms with Crippen LogP contribution in [0.3, 0.4) is 0 Å². The minimum absolute atomic E-state index is 0. The molecule has 0 spiro atoms. The number of rotatable bonds is 9. The Morgan fingerprint density at radius 2 is 1.33 bits per heavy atom. The van der Waals surface area contributed by atoms with Crippen molar-refractivity contribution in [3.05, 3.63) is 167 Å². The molecule has 8 rings (SSSR count).